The Bertz CT molecular complexity index is 529. The maximum absolute atomic E-state index is 5.43. The van der Waals surface area contributed by atoms with Crippen molar-refractivity contribution in [1.82, 2.24) is 20.2 Å². The van der Waals surface area contributed by atoms with Crippen molar-refractivity contribution < 1.29 is 4.74 Å². The van der Waals surface area contributed by atoms with Gasteiger partial charge >= 0.3 is 0 Å². The van der Waals surface area contributed by atoms with Crippen LogP contribution < -0.4 is 10.2 Å². The SMILES string of the molecule is COCCNC(=S)N1CCN(c2cc(C)nc(C(C)C)n2)CC1. The Balaban J connectivity index is 1.93. The van der Waals surface area contributed by atoms with Gasteiger partial charge < -0.3 is 19.9 Å². The molecular weight excluding hydrogens is 310 g/mol. The van der Waals surface area contributed by atoms with E-state index in [1.165, 1.54) is 0 Å². The van der Waals surface area contributed by atoms with Crippen molar-refractivity contribution in [3.05, 3.63) is 17.6 Å². The Labute approximate surface area is 144 Å². The minimum absolute atomic E-state index is 0.340. The van der Waals surface area contributed by atoms with Crippen LogP contribution in [-0.4, -0.2) is 66.4 Å². The molecule has 1 aliphatic rings. The van der Waals surface area contributed by atoms with Crippen molar-refractivity contribution in [1.29, 1.82) is 0 Å². The third-order valence-corrected chi connectivity index (χ3v) is 4.25. The van der Waals surface area contributed by atoms with E-state index in [1.807, 2.05) is 6.92 Å². The predicted octanol–water partition coefficient (Wildman–Crippen LogP) is 1.55. The van der Waals surface area contributed by atoms with Gasteiger partial charge in [0, 0.05) is 57.5 Å². The van der Waals surface area contributed by atoms with Gasteiger partial charge in [-0.3, -0.25) is 0 Å². The Kier molecular flexibility index (Phi) is 6.53. The van der Waals surface area contributed by atoms with Gasteiger partial charge in [0.25, 0.3) is 0 Å². The number of anilines is 1. The van der Waals surface area contributed by atoms with Crippen LogP contribution in [0.5, 0.6) is 0 Å². The molecular formula is C16H27N5OS. The number of nitrogens with zero attached hydrogens (tertiary/aromatic N) is 4. The number of piperazine rings is 1. The first-order valence-electron chi connectivity index (χ1n) is 8.13. The zero-order valence-electron chi connectivity index (χ0n) is 14.5. The standard InChI is InChI=1S/C16H27N5OS/c1-12(2)15-18-13(3)11-14(19-15)20-6-8-21(9-7-20)16(23)17-5-10-22-4/h11-12H,5-10H2,1-4H3,(H,17,23). The summed E-state index contributed by atoms with van der Waals surface area (Å²) in [5.74, 6) is 2.28. The lowest BCUT2D eigenvalue weighted by molar-refractivity contribution is 0.202. The molecule has 2 rings (SSSR count). The van der Waals surface area contributed by atoms with Gasteiger partial charge in [0.15, 0.2) is 5.11 Å². The van der Waals surface area contributed by atoms with Gasteiger partial charge in [0.1, 0.15) is 11.6 Å². The van der Waals surface area contributed by atoms with Crippen molar-refractivity contribution >= 4 is 23.1 Å². The fraction of sp³-hybridized carbons (Fsp3) is 0.688. The number of nitrogens with one attached hydrogen (secondary N) is 1. The fourth-order valence-corrected chi connectivity index (χ4v) is 2.79. The summed E-state index contributed by atoms with van der Waals surface area (Å²) in [4.78, 5) is 13.8. The van der Waals surface area contributed by atoms with E-state index in [1.54, 1.807) is 7.11 Å². The molecule has 7 heteroatoms. The summed E-state index contributed by atoms with van der Waals surface area (Å²) in [5, 5.41) is 4.04. The maximum Gasteiger partial charge on any atom is 0.169 e. The van der Waals surface area contributed by atoms with Crippen molar-refractivity contribution in [2.75, 3.05) is 51.3 Å². The van der Waals surface area contributed by atoms with Crippen molar-refractivity contribution in [3.63, 3.8) is 0 Å². The highest BCUT2D eigenvalue weighted by Crippen LogP contribution is 2.18. The highest BCUT2D eigenvalue weighted by atomic mass is 32.1. The first-order chi connectivity index (χ1) is 11.0. The van der Waals surface area contributed by atoms with Crippen molar-refractivity contribution in [2.24, 2.45) is 0 Å². The Morgan fingerprint density at radius 3 is 2.61 bits per heavy atom. The van der Waals surface area contributed by atoms with Crippen LogP contribution in [-0.2, 0) is 4.74 Å². The van der Waals surface area contributed by atoms with Crippen LogP contribution in [0.15, 0.2) is 6.07 Å². The smallest absolute Gasteiger partial charge is 0.169 e. The molecule has 0 atom stereocenters. The zero-order chi connectivity index (χ0) is 16.8. The summed E-state index contributed by atoms with van der Waals surface area (Å²) in [7, 11) is 1.69. The van der Waals surface area contributed by atoms with Crippen LogP contribution >= 0.6 is 12.2 Å². The Morgan fingerprint density at radius 1 is 1.30 bits per heavy atom. The van der Waals surface area contributed by atoms with Gasteiger partial charge in [-0.25, -0.2) is 9.97 Å². The Hall–Kier alpha value is -1.47. The second kappa shape index (κ2) is 8.40. The lowest BCUT2D eigenvalue weighted by Gasteiger charge is -2.37. The summed E-state index contributed by atoms with van der Waals surface area (Å²) >= 11 is 5.43. The van der Waals surface area contributed by atoms with E-state index in [-0.39, 0.29) is 0 Å². The lowest BCUT2D eigenvalue weighted by atomic mass is 10.2. The molecule has 1 aromatic heterocycles. The average Bonchev–Trinajstić information content (AvgIpc) is 2.54. The van der Waals surface area contributed by atoms with Crippen LogP contribution in [0.4, 0.5) is 5.82 Å². The van der Waals surface area contributed by atoms with Crippen LogP contribution in [0.1, 0.15) is 31.3 Å². The summed E-state index contributed by atoms with van der Waals surface area (Å²) in [6.07, 6.45) is 0. The third-order valence-electron chi connectivity index (χ3n) is 3.85. The third kappa shape index (κ3) is 5.00. The molecule has 0 unspecified atom stereocenters. The molecule has 1 aliphatic heterocycles. The minimum Gasteiger partial charge on any atom is -0.383 e. The fourth-order valence-electron chi connectivity index (χ4n) is 2.51. The molecule has 1 N–H and O–H groups in total. The number of hydrogen-bond donors (Lipinski definition) is 1. The molecule has 0 radical (unpaired) electrons. The minimum atomic E-state index is 0.340. The molecule has 0 bridgehead atoms. The first kappa shape index (κ1) is 17.9. The number of thiocarbonyl (C=S) groups is 1. The average molecular weight is 337 g/mol. The molecule has 1 fully saturated rings. The van der Waals surface area contributed by atoms with Crippen LogP contribution in [0, 0.1) is 6.92 Å². The van der Waals surface area contributed by atoms with Gasteiger partial charge in [-0.2, -0.15) is 0 Å². The summed E-state index contributed by atoms with van der Waals surface area (Å²) in [5.41, 5.74) is 1.03. The number of aryl methyl sites for hydroxylation is 1. The van der Waals surface area contributed by atoms with E-state index in [2.05, 4.69) is 40.0 Å². The van der Waals surface area contributed by atoms with E-state index in [0.717, 1.165) is 55.2 Å². The second-order valence-corrected chi connectivity index (χ2v) is 6.47. The number of aromatic nitrogens is 2. The molecule has 0 amide bonds. The van der Waals surface area contributed by atoms with Crippen molar-refractivity contribution in [2.45, 2.75) is 26.7 Å². The molecule has 6 nitrogen and oxygen atoms in total. The molecule has 0 saturated carbocycles. The van der Waals surface area contributed by atoms with Crippen LogP contribution in [0.3, 0.4) is 0 Å². The number of hydrogen-bond acceptors (Lipinski definition) is 5. The predicted molar refractivity (Wildman–Crippen MR) is 97.1 cm³/mol. The monoisotopic (exact) mass is 337 g/mol. The molecule has 1 aromatic rings. The van der Waals surface area contributed by atoms with E-state index in [4.69, 9.17) is 21.9 Å². The first-order valence-corrected chi connectivity index (χ1v) is 8.54. The summed E-state index contributed by atoms with van der Waals surface area (Å²) in [6, 6.07) is 2.07. The second-order valence-electron chi connectivity index (χ2n) is 6.08. The van der Waals surface area contributed by atoms with Crippen LogP contribution in [0.2, 0.25) is 0 Å². The molecule has 0 spiro atoms. The maximum atomic E-state index is 5.43. The van der Waals surface area contributed by atoms with Gasteiger partial charge in [-0.1, -0.05) is 13.8 Å². The van der Waals surface area contributed by atoms with Gasteiger partial charge in [-0.05, 0) is 19.1 Å². The van der Waals surface area contributed by atoms with E-state index in [0.29, 0.717) is 12.5 Å². The molecule has 23 heavy (non-hydrogen) atoms. The van der Waals surface area contributed by atoms with E-state index in [9.17, 15) is 0 Å². The van der Waals surface area contributed by atoms with Gasteiger partial charge in [-0.15, -0.1) is 0 Å². The molecule has 0 aromatic carbocycles. The Morgan fingerprint density at radius 2 is 2.00 bits per heavy atom. The number of rotatable bonds is 5. The molecule has 2 heterocycles. The van der Waals surface area contributed by atoms with E-state index < -0.39 is 0 Å². The highest BCUT2D eigenvalue weighted by Gasteiger charge is 2.20. The van der Waals surface area contributed by atoms with Gasteiger partial charge in [0.05, 0.1) is 6.61 Å². The molecule has 0 aliphatic carbocycles. The van der Waals surface area contributed by atoms with Gasteiger partial charge in [0.2, 0.25) is 0 Å². The normalized spacial score (nSPS) is 15.2. The number of methoxy groups -OCH3 is 1. The summed E-state index contributed by atoms with van der Waals surface area (Å²) in [6.45, 7) is 11.3. The van der Waals surface area contributed by atoms with Crippen molar-refractivity contribution in [3.8, 4) is 0 Å². The molecule has 1 saturated heterocycles. The number of ether oxygens (including phenoxy) is 1. The molecule has 128 valence electrons. The quantitative estimate of drug-likeness (QED) is 0.646. The topological polar surface area (TPSA) is 53.5 Å². The largest absolute Gasteiger partial charge is 0.383 e. The summed E-state index contributed by atoms with van der Waals surface area (Å²) < 4.78 is 5.03. The highest BCUT2D eigenvalue weighted by molar-refractivity contribution is 7.80. The lowest BCUT2D eigenvalue weighted by Crippen LogP contribution is -2.52. The van der Waals surface area contributed by atoms with E-state index >= 15 is 0 Å². The van der Waals surface area contributed by atoms with Crippen LogP contribution in [0.25, 0.3) is 0 Å². The zero-order valence-corrected chi connectivity index (χ0v) is 15.3.